The molecule has 2 aliphatic rings. The quantitative estimate of drug-likeness (QED) is 0.470. The van der Waals surface area contributed by atoms with E-state index in [0.717, 1.165) is 29.5 Å². The van der Waals surface area contributed by atoms with E-state index in [1.165, 1.54) is 12.8 Å². The van der Waals surface area contributed by atoms with Crippen LogP contribution in [0.1, 0.15) is 74.4 Å². The number of rotatable bonds is 5. The fourth-order valence-electron chi connectivity index (χ4n) is 5.01. The maximum absolute atomic E-state index is 12.7. The molecule has 2 aromatic carbocycles. The molecule has 0 radical (unpaired) electrons. The van der Waals surface area contributed by atoms with Gasteiger partial charge in [-0.15, -0.1) is 0 Å². The highest BCUT2D eigenvalue weighted by molar-refractivity contribution is 5.98. The number of hydrogen-bond acceptors (Lipinski definition) is 3. The smallest absolute Gasteiger partial charge is 0.311 e. The third-order valence-electron chi connectivity index (χ3n) is 7.06. The number of carbonyl (C=O) groups is 2. The van der Waals surface area contributed by atoms with Crippen molar-refractivity contribution in [2.75, 3.05) is 0 Å². The Bertz CT molecular complexity index is 933. The van der Waals surface area contributed by atoms with E-state index in [4.69, 9.17) is 4.74 Å². The van der Waals surface area contributed by atoms with Gasteiger partial charge >= 0.3 is 5.97 Å². The molecule has 0 atom stereocenters. The van der Waals surface area contributed by atoms with Crippen LogP contribution in [0.15, 0.2) is 48.5 Å². The average Bonchev–Trinajstić information content (AvgIpc) is 3.29. The highest BCUT2D eigenvalue weighted by atomic mass is 16.5. The van der Waals surface area contributed by atoms with Gasteiger partial charge in [-0.1, -0.05) is 63.9 Å². The van der Waals surface area contributed by atoms with Crippen LogP contribution in [0.4, 0.5) is 0 Å². The van der Waals surface area contributed by atoms with Crippen LogP contribution in [0.5, 0.6) is 5.75 Å². The first kappa shape index (κ1) is 20.6. The highest BCUT2D eigenvalue weighted by Crippen LogP contribution is 2.53. The fraction of sp³-hybridized carbons (Fsp3) is 0.462. The van der Waals surface area contributed by atoms with Crippen molar-refractivity contribution < 1.29 is 14.3 Å². The van der Waals surface area contributed by atoms with Crippen LogP contribution in [0.25, 0.3) is 0 Å². The molecule has 1 saturated carbocycles. The zero-order valence-electron chi connectivity index (χ0n) is 18.2. The van der Waals surface area contributed by atoms with Gasteiger partial charge in [-0.05, 0) is 53.0 Å². The summed E-state index contributed by atoms with van der Waals surface area (Å²) in [4.78, 5) is 27.1. The monoisotopic (exact) mass is 405 g/mol. The van der Waals surface area contributed by atoms with Crippen LogP contribution >= 0.6 is 0 Å². The number of fused-ring (bicyclic) bond motifs is 1. The molecule has 158 valence electrons. The van der Waals surface area contributed by atoms with Gasteiger partial charge < -0.3 is 9.64 Å². The molecule has 4 rings (SSSR count). The molecule has 4 nitrogen and oxygen atoms in total. The second-order valence-electron chi connectivity index (χ2n) is 9.85. The minimum Gasteiger partial charge on any atom is -0.427 e. The molecule has 1 aliphatic carbocycles. The van der Waals surface area contributed by atoms with E-state index in [1.807, 2.05) is 53.4 Å². The summed E-state index contributed by atoms with van der Waals surface area (Å²) in [5, 5.41) is 0. The Morgan fingerprint density at radius 2 is 1.70 bits per heavy atom. The van der Waals surface area contributed by atoms with Crippen molar-refractivity contribution in [2.45, 2.75) is 66.0 Å². The molecule has 1 heterocycles. The number of amides is 1. The van der Waals surface area contributed by atoms with Gasteiger partial charge in [0.05, 0.1) is 6.42 Å². The summed E-state index contributed by atoms with van der Waals surface area (Å²) in [5.74, 6) is 0.497. The summed E-state index contributed by atoms with van der Waals surface area (Å²) in [6.07, 6.45) is 5.04. The van der Waals surface area contributed by atoms with Crippen LogP contribution in [0.2, 0.25) is 0 Å². The lowest BCUT2D eigenvalue weighted by Crippen LogP contribution is -2.36. The van der Waals surface area contributed by atoms with Crippen LogP contribution in [0, 0.1) is 10.8 Å². The first-order chi connectivity index (χ1) is 14.3. The second kappa shape index (κ2) is 7.90. The lowest BCUT2D eigenvalue weighted by atomic mass is 9.63. The van der Waals surface area contributed by atoms with E-state index < -0.39 is 0 Å². The standard InChI is InChI=1S/C26H31NO3/c1-25(2,3)26(14-6-7-15-26)16-23(28)30-21-12-10-19(11-13-21)17-27-18-20-8-4-5-9-22(20)24(27)29/h4-5,8-13H,6-7,14-18H2,1-3H3. The van der Waals surface area contributed by atoms with E-state index in [1.54, 1.807) is 0 Å². The predicted octanol–water partition coefficient (Wildman–Crippen LogP) is 5.74. The number of esters is 1. The van der Waals surface area contributed by atoms with Gasteiger partial charge in [0.1, 0.15) is 5.75 Å². The van der Waals surface area contributed by atoms with Crippen molar-refractivity contribution in [3.05, 3.63) is 65.2 Å². The second-order valence-corrected chi connectivity index (χ2v) is 9.85. The van der Waals surface area contributed by atoms with Crippen LogP contribution in [0.3, 0.4) is 0 Å². The Hall–Kier alpha value is -2.62. The molecule has 2 aromatic rings. The van der Waals surface area contributed by atoms with Crippen LogP contribution in [-0.2, 0) is 17.9 Å². The Labute approximate surface area is 179 Å². The van der Waals surface area contributed by atoms with E-state index in [-0.39, 0.29) is 22.7 Å². The Morgan fingerprint density at radius 1 is 1.03 bits per heavy atom. The molecule has 0 aromatic heterocycles. The normalized spacial score (nSPS) is 17.8. The Balaban J connectivity index is 1.36. The Morgan fingerprint density at radius 3 is 2.33 bits per heavy atom. The van der Waals surface area contributed by atoms with Gasteiger partial charge in [0.15, 0.2) is 0 Å². The predicted molar refractivity (Wildman–Crippen MR) is 117 cm³/mol. The number of nitrogens with zero attached hydrogens (tertiary/aromatic N) is 1. The van der Waals surface area contributed by atoms with Gasteiger partial charge in [-0.25, -0.2) is 0 Å². The van der Waals surface area contributed by atoms with Crippen molar-refractivity contribution in [1.82, 2.24) is 4.90 Å². The number of hydrogen-bond donors (Lipinski definition) is 0. The van der Waals surface area contributed by atoms with Crippen molar-refractivity contribution >= 4 is 11.9 Å². The molecule has 0 N–H and O–H groups in total. The number of ether oxygens (including phenoxy) is 1. The summed E-state index contributed by atoms with van der Waals surface area (Å²) in [5.41, 5.74) is 3.02. The highest BCUT2D eigenvalue weighted by Gasteiger charge is 2.45. The molecule has 0 spiro atoms. The molecule has 30 heavy (non-hydrogen) atoms. The molecule has 1 aliphatic heterocycles. The minimum absolute atomic E-state index is 0.0368. The summed E-state index contributed by atoms with van der Waals surface area (Å²) in [6.45, 7) is 7.89. The Kier molecular flexibility index (Phi) is 5.44. The fourth-order valence-corrected chi connectivity index (χ4v) is 5.01. The lowest BCUT2D eigenvalue weighted by molar-refractivity contribution is -0.139. The molecular weight excluding hydrogens is 374 g/mol. The van der Waals surface area contributed by atoms with Gasteiger partial charge in [0.25, 0.3) is 5.91 Å². The molecular formula is C26H31NO3. The van der Waals surface area contributed by atoms with Crippen LogP contribution < -0.4 is 4.74 Å². The first-order valence-corrected chi connectivity index (χ1v) is 10.9. The van der Waals surface area contributed by atoms with Gasteiger partial charge in [-0.2, -0.15) is 0 Å². The average molecular weight is 406 g/mol. The van der Waals surface area contributed by atoms with E-state index in [0.29, 0.717) is 25.3 Å². The summed E-state index contributed by atoms with van der Waals surface area (Å²) in [7, 11) is 0. The summed E-state index contributed by atoms with van der Waals surface area (Å²) < 4.78 is 5.67. The van der Waals surface area contributed by atoms with Gasteiger partial charge in [0.2, 0.25) is 0 Å². The van der Waals surface area contributed by atoms with Gasteiger partial charge in [-0.3, -0.25) is 9.59 Å². The van der Waals surface area contributed by atoms with E-state index >= 15 is 0 Å². The number of benzene rings is 2. The van der Waals surface area contributed by atoms with E-state index in [2.05, 4.69) is 20.8 Å². The largest absolute Gasteiger partial charge is 0.427 e. The van der Waals surface area contributed by atoms with Crippen molar-refractivity contribution in [1.29, 1.82) is 0 Å². The molecule has 0 unspecified atom stereocenters. The maximum atomic E-state index is 12.7. The topological polar surface area (TPSA) is 46.6 Å². The van der Waals surface area contributed by atoms with Crippen LogP contribution in [-0.4, -0.2) is 16.8 Å². The minimum atomic E-state index is -0.148. The molecule has 4 heteroatoms. The number of carbonyl (C=O) groups excluding carboxylic acids is 2. The van der Waals surface area contributed by atoms with Gasteiger partial charge in [0, 0.05) is 18.7 Å². The molecule has 1 fully saturated rings. The van der Waals surface area contributed by atoms with Crippen molar-refractivity contribution in [3.63, 3.8) is 0 Å². The zero-order valence-corrected chi connectivity index (χ0v) is 18.2. The third kappa shape index (κ3) is 4.00. The first-order valence-electron chi connectivity index (χ1n) is 10.9. The van der Waals surface area contributed by atoms with Crippen molar-refractivity contribution in [2.24, 2.45) is 10.8 Å². The summed E-state index contributed by atoms with van der Waals surface area (Å²) in [6, 6.07) is 15.3. The molecule has 0 bridgehead atoms. The van der Waals surface area contributed by atoms with Crippen molar-refractivity contribution in [3.8, 4) is 5.75 Å². The SMILES string of the molecule is CC(C)(C)C1(CC(=O)Oc2ccc(CN3Cc4ccccc4C3=O)cc2)CCCC1. The molecule has 0 saturated heterocycles. The third-order valence-corrected chi connectivity index (χ3v) is 7.06. The zero-order chi connectivity index (χ0) is 21.4. The lowest BCUT2D eigenvalue weighted by Gasteiger charge is -2.41. The summed E-state index contributed by atoms with van der Waals surface area (Å²) >= 11 is 0. The molecule has 1 amide bonds. The van der Waals surface area contributed by atoms with E-state index in [9.17, 15) is 9.59 Å². The maximum Gasteiger partial charge on any atom is 0.311 e.